The summed E-state index contributed by atoms with van der Waals surface area (Å²) in [6, 6.07) is 11.7. The van der Waals surface area contributed by atoms with Gasteiger partial charge >= 0.3 is 6.09 Å². The van der Waals surface area contributed by atoms with Gasteiger partial charge in [-0.3, -0.25) is 9.48 Å². The highest BCUT2D eigenvalue weighted by molar-refractivity contribution is 5.99. The number of nitrogens with one attached hydrogen (secondary N) is 1. The number of pyridine rings is 1. The third-order valence-electron chi connectivity index (χ3n) is 6.52. The van der Waals surface area contributed by atoms with E-state index in [2.05, 4.69) is 32.4 Å². The van der Waals surface area contributed by atoms with Gasteiger partial charge in [0.05, 0.1) is 18.3 Å². The van der Waals surface area contributed by atoms with Gasteiger partial charge in [-0.1, -0.05) is 18.2 Å². The molecule has 0 radical (unpaired) electrons. The highest BCUT2D eigenvalue weighted by Gasteiger charge is 2.32. The van der Waals surface area contributed by atoms with Crippen molar-refractivity contribution in [3.63, 3.8) is 0 Å². The van der Waals surface area contributed by atoms with E-state index >= 15 is 0 Å². The molecule has 0 aliphatic carbocycles. The Morgan fingerprint density at radius 1 is 1.09 bits per heavy atom. The third kappa shape index (κ3) is 5.06. The Bertz CT molecular complexity index is 1210. The molecule has 0 unspecified atom stereocenters. The first-order valence-corrected chi connectivity index (χ1v) is 11.8. The fourth-order valence-electron chi connectivity index (χ4n) is 4.61. The maximum absolute atomic E-state index is 12.9. The monoisotopic (exact) mass is 475 g/mol. The molecule has 2 aromatic heterocycles. The average Bonchev–Trinajstić information content (AvgIpc) is 3.61. The standard InChI is InChI=1S/C25H29N7O3/c1-30-14-18(13-28-30)17-11-22(23(26)27-12-17)24(33)29-19-7-9-32(15-19)25(34)35-21-8-10-31(16-21)20-5-3-2-4-6-20/h2-6,11-14,19,21H,7-10,15-16H2,1H3,(H2,26,27)(H,29,33)/t19-,21-/m1/s1. The summed E-state index contributed by atoms with van der Waals surface area (Å²) in [5.74, 6) is -0.149. The number of aryl methyl sites for hydroxylation is 1. The summed E-state index contributed by atoms with van der Waals surface area (Å²) >= 11 is 0. The van der Waals surface area contributed by atoms with Crippen LogP contribution in [0.25, 0.3) is 11.1 Å². The molecular formula is C25H29N7O3. The summed E-state index contributed by atoms with van der Waals surface area (Å²) in [6.07, 6.45) is 6.15. The molecule has 0 bridgehead atoms. The number of nitrogens with two attached hydrogens (primary N) is 1. The number of carbonyl (C=O) groups is 2. The molecule has 0 spiro atoms. The number of para-hydroxylation sites is 1. The first-order chi connectivity index (χ1) is 17.0. The Morgan fingerprint density at radius 2 is 1.91 bits per heavy atom. The summed E-state index contributed by atoms with van der Waals surface area (Å²) in [5, 5.41) is 7.15. The van der Waals surface area contributed by atoms with Crippen LogP contribution in [0.2, 0.25) is 0 Å². The van der Waals surface area contributed by atoms with Crippen LogP contribution in [0.4, 0.5) is 16.3 Å². The van der Waals surface area contributed by atoms with Crippen molar-refractivity contribution >= 4 is 23.5 Å². The number of nitrogen functional groups attached to an aromatic ring is 1. The van der Waals surface area contributed by atoms with E-state index in [1.807, 2.05) is 31.4 Å². The zero-order valence-corrected chi connectivity index (χ0v) is 19.6. The lowest BCUT2D eigenvalue weighted by atomic mass is 10.1. The number of likely N-dealkylation sites (tertiary alicyclic amines) is 1. The van der Waals surface area contributed by atoms with Gasteiger partial charge in [0.15, 0.2) is 0 Å². The summed E-state index contributed by atoms with van der Waals surface area (Å²) in [6.45, 7) is 2.47. The van der Waals surface area contributed by atoms with Crippen molar-refractivity contribution in [2.75, 3.05) is 36.8 Å². The van der Waals surface area contributed by atoms with Gasteiger partial charge in [0.2, 0.25) is 0 Å². The van der Waals surface area contributed by atoms with Crippen LogP contribution < -0.4 is 16.0 Å². The third-order valence-corrected chi connectivity index (χ3v) is 6.52. The Hall–Kier alpha value is -4.08. The lowest BCUT2D eigenvalue weighted by molar-refractivity contribution is 0.0761. The van der Waals surface area contributed by atoms with E-state index in [4.69, 9.17) is 10.5 Å². The SMILES string of the molecule is Cn1cc(-c2cnc(N)c(C(=O)N[C@@H]3CCN(C(=O)O[C@@H]4CCN(c5ccccc5)C4)C3)c2)cn1. The minimum Gasteiger partial charge on any atom is -0.444 e. The predicted molar refractivity (Wildman–Crippen MR) is 132 cm³/mol. The van der Waals surface area contributed by atoms with Crippen LogP contribution >= 0.6 is 0 Å². The second kappa shape index (κ2) is 9.65. The molecule has 10 heteroatoms. The molecule has 2 saturated heterocycles. The molecule has 2 fully saturated rings. The zero-order chi connectivity index (χ0) is 24.4. The van der Waals surface area contributed by atoms with Crippen LogP contribution in [-0.4, -0.2) is 70.0 Å². The van der Waals surface area contributed by atoms with Crippen molar-refractivity contribution in [2.24, 2.45) is 7.05 Å². The molecule has 2 amide bonds. The predicted octanol–water partition coefficient (Wildman–Crippen LogP) is 2.28. The van der Waals surface area contributed by atoms with Crippen molar-refractivity contribution in [1.82, 2.24) is 25.0 Å². The molecule has 5 rings (SSSR count). The molecule has 2 aliphatic rings. The number of rotatable bonds is 5. The van der Waals surface area contributed by atoms with Crippen molar-refractivity contribution in [3.05, 3.63) is 60.6 Å². The molecule has 182 valence electrons. The van der Waals surface area contributed by atoms with Crippen molar-refractivity contribution in [2.45, 2.75) is 25.0 Å². The van der Waals surface area contributed by atoms with Crippen LogP contribution in [0.3, 0.4) is 0 Å². The Balaban J connectivity index is 1.14. The number of nitrogens with zero attached hydrogens (tertiary/aromatic N) is 5. The fourth-order valence-corrected chi connectivity index (χ4v) is 4.61. The summed E-state index contributed by atoms with van der Waals surface area (Å²) < 4.78 is 7.45. The minimum atomic E-state index is -0.332. The first-order valence-electron chi connectivity index (χ1n) is 11.8. The smallest absolute Gasteiger partial charge is 0.410 e. The zero-order valence-electron chi connectivity index (χ0n) is 19.6. The number of hydrogen-bond donors (Lipinski definition) is 2. The number of carbonyl (C=O) groups excluding carboxylic acids is 2. The second-order valence-corrected chi connectivity index (χ2v) is 9.04. The van der Waals surface area contributed by atoms with Crippen molar-refractivity contribution in [3.8, 4) is 11.1 Å². The highest BCUT2D eigenvalue weighted by atomic mass is 16.6. The van der Waals surface area contributed by atoms with Gasteiger partial charge in [-0.05, 0) is 24.6 Å². The molecule has 10 nitrogen and oxygen atoms in total. The number of benzene rings is 1. The Labute approximate surface area is 203 Å². The van der Waals surface area contributed by atoms with Crippen LogP contribution in [0.1, 0.15) is 23.2 Å². The van der Waals surface area contributed by atoms with Crippen LogP contribution in [0.5, 0.6) is 0 Å². The van der Waals surface area contributed by atoms with Crippen molar-refractivity contribution < 1.29 is 14.3 Å². The maximum atomic E-state index is 12.9. The molecule has 3 aromatic rings. The van der Waals surface area contributed by atoms with Gasteiger partial charge in [0, 0.05) is 68.4 Å². The number of amides is 2. The molecular weight excluding hydrogens is 446 g/mol. The number of ether oxygens (including phenoxy) is 1. The van der Waals surface area contributed by atoms with Crippen LogP contribution in [-0.2, 0) is 11.8 Å². The molecule has 2 atom stereocenters. The van der Waals surface area contributed by atoms with E-state index in [-0.39, 0.29) is 30.0 Å². The second-order valence-electron chi connectivity index (χ2n) is 9.04. The van der Waals surface area contributed by atoms with E-state index in [9.17, 15) is 9.59 Å². The van der Waals surface area contributed by atoms with Crippen LogP contribution in [0.15, 0.2) is 55.0 Å². The van der Waals surface area contributed by atoms with E-state index in [0.29, 0.717) is 31.6 Å². The number of hydrogen-bond acceptors (Lipinski definition) is 7. The van der Waals surface area contributed by atoms with Gasteiger partial charge in [0.25, 0.3) is 5.91 Å². The number of aromatic nitrogens is 3. The largest absolute Gasteiger partial charge is 0.444 e. The van der Waals surface area contributed by atoms with Gasteiger partial charge in [-0.15, -0.1) is 0 Å². The quantitative estimate of drug-likeness (QED) is 0.581. The normalized spacial score (nSPS) is 19.7. The molecule has 2 aliphatic heterocycles. The highest BCUT2D eigenvalue weighted by Crippen LogP contribution is 2.24. The van der Waals surface area contributed by atoms with Gasteiger partial charge < -0.3 is 25.6 Å². The molecule has 35 heavy (non-hydrogen) atoms. The summed E-state index contributed by atoms with van der Waals surface area (Å²) in [4.78, 5) is 33.7. The van der Waals surface area contributed by atoms with Crippen LogP contribution in [0, 0.1) is 0 Å². The lowest BCUT2D eigenvalue weighted by Gasteiger charge is -2.21. The van der Waals surface area contributed by atoms with Gasteiger partial charge in [-0.25, -0.2) is 9.78 Å². The summed E-state index contributed by atoms with van der Waals surface area (Å²) in [5.41, 5.74) is 9.04. The first kappa shape index (κ1) is 22.7. The molecule has 0 saturated carbocycles. The fraction of sp³-hybridized carbons (Fsp3) is 0.360. The number of anilines is 2. The van der Waals surface area contributed by atoms with Gasteiger partial charge in [-0.2, -0.15) is 5.10 Å². The topological polar surface area (TPSA) is 119 Å². The lowest BCUT2D eigenvalue weighted by Crippen LogP contribution is -2.39. The van der Waals surface area contributed by atoms with E-state index < -0.39 is 0 Å². The Kier molecular flexibility index (Phi) is 6.26. The van der Waals surface area contributed by atoms with E-state index in [1.54, 1.807) is 28.0 Å². The maximum Gasteiger partial charge on any atom is 0.410 e. The Morgan fingerprint density at radius 3 is 2.69 bits per heavy atom. The van der Waals surface area contributed by atoms with Crippen molar-refractivity contribution in [1.29, 1.82) is 0 Å². The summed E-state index contributed by atoms with van der Waals surface area (Å²) in [7, 11) is 1.82. The minimum absolute atomic E-state index is 0.141. The van der Waals surface area contributed by atoms with E-state index in [0.717, 1.165) is 29.8 Å². The van der Waals surface area contributed by atoms with E-state index in [1.165, 1.54) is 0 Å². The molecule has 3 N–H and O–H groups in total. The average molecular weight is 476 g/mol. The van der Waals surface area contributed by atoms with Gasteiger partial charge in [0.1, 0.15) is 11.9 Å². The molecule has 1 aromatic carbocycles. The molecule has 4 heterocycles.